The summed E-state index contributed by atoms with van der Waals surface area (Å²) in [6.45, 7) is 3.58. The second-order valence-corrected chi connectivity index (χ2v) is 8.32. The summed E-state index contributed by atoms with van der Waals surface area (Å²) in [5.74, 6) is 1.09. The van der Waals surface area contributed by atoms with Crippen molar-refractivity contribution in [2.24, 2.45) is 0 Å². The van der Waals surface area contributed by atoms with Crippen molar-refractivity contribution in [2.75, 3.05) is 25.4 Å². The summed E-state index contributed by atoms with van der Waals surface area (Å²) in [5, 5.41) is 3.11. The molecule has 2 heterocycles. The molecule has 2 aliphatic rings. The number of imidazole rings is 1. The Hall–Kier alpha value is -1.17. The van der Waals surface area contributed by atoms with Crippen molar-refractivity contribution in [1.29, 1.82) is 0 Å². The summed E-state index contributed by atoms with van der Waals surface area (Å²) in [4.78, 5) is 18.5. The predicted octanol–water partition coefficient (Wildman–Crippen LogP) is 3.12. The molecule has 1 N–H and O–H groups in total. The largest absolute Gasteiger partial charge is 0.338 e. The van der Waals surface area contributed by atoms with E-state index in [0.29, 0.717) is 4.75 Å². The molecule has 1 saturated carbocycles. The van der Waals surface area contributed by atoms with Crippen molar-refractivity contribution in [2.45, 2.75) is 56.2 Å². The molecule has 128 valence electrons. The molecule has 1 spiro atoms. The van der Waals surface area contributed by atoms with Gasteiger partial charge in [0.15, 0.2) is 0 Å². The van der Waals surface area contributed by atoms with Gasteiger partial charge in [-0.15, -0.1) is 0 Å². The maximum Gasteiger partial charge on any atom is 0.317 e. The zero-order valence-electron chi connectivity index (χ0n) is 13.9. The summed E-state index contributed by atoms with van der Waals surface area (Å²) < 4.78 is 2.44. The number of hydrogen-bond donors (Lipinski definition) is 1. The Morgan fingerprint density at radius 3 is 2.91 bits per heavy atom. The number of unbranched alkanes of at least 4 members (excludes halogenated alkanes) is 1. The monoisotopic (exact) mass is 336 g/mol. The number of carbonyl (C=O) groups is 1. The van der Waals surface area contributed by atoms with Crippen LogP contribution in [0.2, 0.25) is 0 Å². The number of aryl methyl sites for hydroxylation is 1. The second-order valence-electron chi connectivity index (χ2n) is 6.75. The van der Waals surface area contributed by atoms with Crippen molar-refractivity contribution in [3.05, 3.63) is 18.7 Å². The third-order valence-electron chi connectivity index (χ3n) is 4.98. The van der Waals surface area contributed by atoms with Gasteiger partial charge >= 0.3 is 6.03 Å². The molecule has 1 aromatic heterocycles. The van der Waals surface area contributed by atoms with Crippen LogP contribution in [-0.2, 0) is 6.54 Å². The standard InChI is InChI=1S/C17H28N4OS/c22-16(19-8-4-5-10-20-11-9-18-15-20)21-12-13-23-17(14-21)6-2-1-3-7-17/h9,11,15H,1-8,10,12-14H2,(H,19,22). The van der Waals surface area contributed by atoms with Gasteiger partial charge in [-0.25, -0.2) is 9.78 Å². The van der Waals surface area contributed by atoms with Gasteiger partial charge in [0.25, 0.3) is 0 Å². The van der Waals surface area contributed by atoms with Crippen LogP contribution in [0.5, 0.6) is 0 Å². The van der Waals surface area contributed by atoms with Gasteiger partial charge in [0, 0.05) is 49.1 Å². The van der Waals surface area contributed by atoms with Gasteiger partial charge in [-0.3, -0.25) is 0 Å². The Morgan fingerprint density at radius 1 is 1.26 bits per heavy atom. The van der Waals surface area contributed by atoms with E-state index in [1.165, 1.54) is 32.1 Å². The smallest absolute Gasteiger partial charge is 0.317 e. The molecule has 6 heteroatoms. The number of amides is 2. The van der Waals surface area contributed by atoms with Crippen LogP contribution < -0.4 is 5.32 Å². The maximum atomic E-state index is 12.4. The molecule has 5 nitrogen and oxygen atoms in total. The molecule has 3 rings (SSSR count). The minimum atomic E-state index is 0.137. The quantitative estimate of drug-likeness (QED) is 0.841. The highest BCUT2D eigenvalue weighted by Crippen LogP contribution is 2.42. The van der Waals surface area contributed by atoms with E-state index >= 15 is 0 Å². The topological polar surface area (TPSA) is 50.2 Å². The molecule has 2 fully saturated rings. The van der Waals surface area contributed by atoms with E-state index in [2.05, 4.69) is 31.5 Å². The molecule has 23 heavy (non-hydrogen) atoms. The Labute approximate surface area is 143 Å². The highest BCUT2D eigenvalue weighted by molar-refractivity contribution is 8.00. The Morgan fingerprint density at radius 2 is 2.13 bits per heavy atom. The number of aromatic nitrogens is 2. The van der Waals surface area contributed by atoms with E-state index in [-0.39, 0.29) is 6.03 Å². The van der Waals surface area contributed by atoms with E-state index < -0.39 is 0 Å². The highest BCUT2D eigenvalue weighted by Gasteiger charge is 2.38. The van der Waals surface area contributed by atoms with Crippen molar-refractivity contribution in [3.63, 3.8) is 0 Å². The first kappa shape index (κ1) is 16.7. The number of nitrogens with one attached hydrogen (secondary N) is 1. The third kappa shape index (κ3) is 4.66. The summed E-state index contributed by atoms with van der Waals surface area (Å²) >= 11 is 2.11. The normalized spacial score (nSPS) is 20.6. The lowest BCUT2D eigenvalue weighted by Crippen LogP contribution is -2.52. The zero-order valence-corrected chi connectivity index (χ0v) is 14.7. The Kier molecular flexibility index (Phi) is 5.86. The van der Waals surface area contributed by atoms with E-state index in [1.54, 1.807) is 6.20 Å². The van der Waals surface area contributed by atoms with Crippen LogP contribution >= 0.6 is 11.8 Å². The molecule has 2 amide bonds. The number of hydrogen-bond acceptors (Lipinski definition) is 3. The van der Waals surface area contributed by atoms with Crippen LogP contribution in [0.4, 0.5) is 4.79 Å². The summed E-state index contributed by atoms with van der Waals surface area (Å²) in [6, 6.07) is 0.137. The van der Waals surface area contributed by atoms with Gasteiger partial charge in [0.05, 0.1) is 6.33 Å². The van der Waals surface area contributed by atoms with Crippen LogP contribution in [0.1, 0.15) is 44.9 Å². The first-order chi connectivity index (χ1) is 11.3. The van der Waals surface area contributed by atoms with Gasteiger partial charge in [-0.1, -0.05) is 19.3 Å². The van der Waals surface area contributed by atoms with Gasteiger partial charge in [0.1, 0.15) is 0 Å². The number of rotatable bonds is 5. The first-order valence-electron chi connectivity index (χ1n) is 8.90. The van der Waals surface area contributed by atoms with Crippen molar-refractivity contribution < 1.29 is 4.79 Å². The summed E-state index contributed by atoms with van der Waals surface area (Å²) in [5.41, 5.74) is 0. The van der Waals surface area contributed by atoms with E-state index in [1.807, 2.05) is 12.5 Å². The average molecular weight is 337 g/mol. The predicted molar refractivity (Wildman–Crippen MR) is 94.7 cm³/mol. The SMILES string of the molecule is O=C(NCCCCn1ccnc1)N1CCSC2(CCCCC2)C1. The minimum Gasteiger partial charge on any atom is -0.338 e. The van der Waals surface area contributed by atoms with Crippen LogP contribution in [-0.4, -0.2) is 50.6 Å². The highest BCUT2D eigenvalue weighted by atomic mass is 32.2. The van der Waals surface area contributed by atoms with Crippen LogP contribution in [0.25, 0.3) is 0 Å². The van der Waals surface area contributed by atoms with Crippen molar-refractivity contribution in [3.8, 4) is 0 Å². The van der Waals surface area contributed by atoms with Gasteiger partial charge < -0.3 is 14.8 Å². The zero-order chi connectivity index (χ0) is 16.0. The number of thioether (sulfide) groups is 1. The first-order valence-corrected chi connectivity index (χ1v) is 9.89. The van der Waals surface area contributed by atoms with Crippen LogP contribution in [0, 0.1) is 0 Å². The molecule has 0 radical (unpaired) electrons. The minimum absolute atomic E-state index is 0.137. The molecule has 1 aliphatic carbocycles. The Bertz CT molecular complexity index is 479. The summed E-state index contributed by atoms with van der Waals surface area (Å²) in [6.07, 6.45) is 14.3. The van der Waals surface area contributed by atoms with Gasteiger partial charge in [-0.2, -0.15) is 11.8 Å². The van der Waals surface area contributed by atoms with Gasteiger partial charge in [0.2, 0.25) is 0 Å². The fourth-order valence-corrected chi connectivity index (χ4v) is 5.23. The molecule has 0 atom stereocenters. The van der Waals surface area contributed by atoms with E-state index in [4.69, 9.17) is 0 Å². The number of carbonyl (C=O) groups excluding carboxylic acids is 1. The molecular weight excluding hydrogens is 308 g/mol. The van der Waals surface area contributed by atoms with Crippen LogP contribution in [0.3, 0.4) is 0 Å². The summed E-state index contributed by atoms with van der Waals surface area (Å²) in [7, 11) is 0. The number of urea groups is 1. The van der Waals surface area contributed by atoms with Gasteiger partial charge in [-0.05, 0) is 25.7 Å². The molecule has 1 aliphatic heterocycles. The third-order valence-corrected chi connectivity index (χ3v) is 6.52. The fourth-order valence-electron chi connectivity index (χ4n) is 3.66. The lowest BCUT2D eigenvalue weighted by atomic mass is 9.87. The van der Waals surface area contributed by atoms with Crippen molar-refractivity contribution >= 4 is 17.8 Å². The average Bonchev–Trinajstić information content (AvgIpc) is 3.08. The van der Waals surface area contributed by atoms with E-state index in [9.17, 15) is 4.79 Å². The van der Waals surface area contributed by atoms with Crippen LogP contribution in [0.15, 0.2) is 18.7 Å². The molecular formula is C17H28N4OS. The number of nitrogens with zero attached hydrogens (tertiary/aromatic N) is 3. The molecule has 1 aromatic rings. The lowest BCUT2D eigenvalue weighted by molar-refractivity contribution is 0.185. The fraction of sp³-hybridized carbons (Fsp3) is 0.765. The Balaban J connectivity index is 1.36. The molecule has 1 saturated heterocycles. The molecule has 0 unspecified atom stereocenters. The van der Waals surface area contributed by atoms with E-state index in [0.717, 1.165) is 44.8 Å². The molecule has 0 aromatic carbocycles. The molecule has 0 bridgehead atoms. The maximum absolute atomic E-state index is 12.4. The van der Waals surface area contributed by atoms with Crippen molar-refractivity contribution in [1.82, 2.24) is 19.8 Å². The second kappa shape index (κ2) is 8.08. The lowest BCUT2D eigenvalue weighted by Gasteiger charge is -2.44.